The zero-order chi connectivity index (χ0) is 22.5. The van der Waals surface area contributed by atoms with Gasteiger partial charge < -0.3 is 19.9 Å². The van der Waals surface area contributed by atoms with Crippen LogP contribution in [0, 0.1) is 0 Å². The van der Waals surface area contributed by atoms with Crippen LogP contribution >= 0.6 is 50.7 Å². The summed E-state index contributed by atoms with van der Waals surface area (Å²) < 4.78 is 12.3. The lowest BCUT2D eigenvalue weighted by atomic mass is 10.1. The molecule has 0 saturated heterocycles. The summed E-state index contributed by atoms with van der Waals surface area (Å²) in [4.78, 5) is 11.3. The number of nitrogens with one attached hydrogen (secondary N) is 1. The SMILES string of the molecule is COc1ccc(Br)c(CNc2cc(C(=O)O)ccc2Cl)c1OCc1c(Cl)cccc1Cl. The highest BCUT2D eigenvalue weighted by Gasteiger charge is 2.17. The number of aromatic carboxylic acids is 1. The van der Waals surface area contributed by atoms with E-state index in [9.17, 15) is 9.90 Å². The maximum absolute atomic E-state index is 11.3. The third kappa shape index (κ3) is 5.57. The van der Waals surface area contributed by atoms with Crippen molar-refractivity contribution < 1.29 is 19.4 Å². The number of ether oxygens (including phenoxy) is 2. The molecule has 0 radical (unpaired) electrons. The molecule has 0 heterocycles. The maximum atomic E-state index is 11.3. The van der Waals surface area contributed by atoms with E-state index in [1.165, 1.54) is 18.2 Å². The molecule has 0 atom stereocenters. The molecular formula is C22H17BrCl3NO4. The minimum atomic E-state index is -1.04. The molecule has 0 amide bonds. The standard InChI is InChI=1S/C22H17BrCl3NO4/c1-30-20-8-6-15(23)13(10-27-19-9-12(22(28)29)5-7-18(19)26)21(20)31-11-14-16(24)3-2-4-17(14)25/h2-9,27H,10-11H2,1H3,(H,28,29). The Hall–Kier alpha value is -2.12. The molecule has 0 aromatic heterocycles. The first-order valence-corrected chi connectivity index (χ1v) is 10.9. The molecule has 3 aromatic carbocycles. The Morgan fingerprint density at radius 2 is 1.74 bits per heavy atom. The average Bonchev–Trinajstić information content (AvgIpc) is 2.73. The molecule has 5 nitrogen and oxygen atoms in total. The number of carbonyl (C=O) groups is 1. The molecule has 0 bridgehead atoms. The van der Waals surface area contributed by atoms with Crippen LogP contribution in [0.4, 0.5) is 5.69 Å². The van der Waals surface area contributed by atoms with Gasteiger partial charge in [-0.3, -0.25) is 0 Å². The molecule has 0 aliphatic heterocycles. The van der Waals surface area contributed by atoms with Crippen LogP contribution in [0.5, 0.6) is 11.5 Å². The van der Waals surface area contributed by atoms with Crippen molar-refractivity contribution in [3.05, 3.63) is 84.8 Å². The van der Waals surface area contributed by atoms with Gasteiger partial charge in [-0.2, -0.15) is 0 Å². The Labute approximate surface area is 203 Å². The molecule has 3 rings (SSSR count). The van der Waals surface area contributed by atoms with Crippen molar-refractivity contribution in [2.24, 2.45) is 0 Å². The Morgan fingerprint density at radius 3 is 2.39 bits per heavy atom. The Kier molecular flexibility index (Phi) is 7.94. The predicted molar refractivity (Wildman–Crippen MR) is 127 cm³/mol. The van der Waals surface area contributed by atoms with Gasteiger partial charge in [0, 0.05) is 32.2 Å². The monoisotopic (exact) mass is 543 g/mol. The van der Waals surface area contributed by atoms with E-state index in [1.54, 1.807) is 31.4 Å². The van der Waals surface area contributed by atoms with Crippen molar-refractivity contribution in [2.45, 2.75) is 13.2 Å². The van der Waals surface area contributed by atoms with Crippen LogP contribution in [0.3, 0.4) is 0 Å². The fraction of sp³-hybridized carbons (Fsp3) is 0.136. The van der Waals surface area contributed by atoms with Gasteiger partial charge >= 0.3 is 5.97 Å². The van der Waals surface area contributed by atoms with Crippen LogP contribution < -0.4 is 14.8 Å². The van der Waals surface area contributed by atoms with E-state index in [-0.39, 0.29) is 18.7 Å². The molecule has 0 saturated carbocycles. The van der Waals surface area contributed by atoms with E-state index in [4.69, 9.17) is 44.3 Å². The first-order valence-electron chi connectivity index (χ1n) is 8.99. The van der Waals surface area contributed by atoms with Gasteiger partial charge in [-0.1, -0.05) is 56.8 Å². The first kappa shape index (κ1) is 23.5. The zero-order valence-corrected chi connectivity index (χ0v) is 20.1. The van der Waals surface area contributed by atoms with Crippen molar-refractivity contribution in [3.8, 4) is 11.5 Å². The molecule has 3 aromatic rings. The molecule has 9 heteroatoms. The van der Waals surface area contributed by atoms with Crippen molar-refractivity contribution in [3.63, 3.8) is 0 Å². The lowest BCUT2D eigenvalue weighted by Gasteiger charge is -2.18. The number of halogens is 4. The summed E-state index contributed by atoms with van der Waals surface area (Å²) in [7, 11) is 1.54. The fourth-order valence-electron chi connectivity index (χ4n) is 2.86. The van der Waals surface area contributed by atoms with Gasteiger partial charge in [0.05, 0.1) is 23.4 Å². The lowest BCUT2D eigenvalue weighted by molar-refractivity contribution is 0.0697. The third-order valence-electron chi connectivity index (χ3n) is 4.48. The lowest BCUT2D eigenvalue weighted by Crippen LogP contribution is -2.07. The van der Waals surface area contributed by atoms with Crippen molar-refractivity contribution in [1.82, 2.24) is 0 Å². The van der Waals surface area contributed by atoms with Gasteiger partial charge in [0.25, 0.3) is 0 Å². The van der Waals surface area contributed by atoms with Crippen LogP contribution in [0.25, 0.3) is 0 Å². The molecule has 0 unspecified atom stereocenters. The molecule has 0 aliphatic rings. The van der Waals surface area contributed by atoms with Crippen LogP contribution in [0.1, 0.15) is 21.5 Å². The minimum Gasteiger partial charge on any atom is -0.493 e. The van der Waals surface area contributed by atoms with E-state index in [1.807, 2.05) is 6.07 Å². The van der Waals surface area contributed by atoms with Crippen LogP contribution in [0.2, 0.25) is 15.1 Å². The number of hydrogen-bond donors (Lipinski definition) is 2. The highest BCUT2D eigenvalue weighted by atomic mass is 79.9. The van der Waals surface area contributed by atoms with E-state index in [0.29, 0.717) is 37.8 Å². The molecule has 0 fully saturated rings. The molecule has 162 valence electrons. The Morgan fingerprint density at radius 1 is 1.03 bits per heavy atom. The van der Waals surface area contributed by atoms with E-state index in [2.05, 4.69) is 21.2 Å². The zero-order valence-electron chi connectivity index (χ0n) is 16.2. The Balaban J connectivity index is 1.90. The maximum Gasteiger partial charge on any atom is 0.335 e. The van der Waals surface area contributed by atoms with Gasteiger partial charge in [-0.15, -0.1) is 0 Å². The quantitative estimate of drug-likeness (QED) is 0.311. The third-order valence-corrected chi connectivity index (χ3v) is 6.26. The normalized spacial score (nSPS) is 10.6. The van der Waals surface area contributed by atoms with Gasteiger partial charge in [0.1, 0.15) is 6.61 Å². The first-order chi connectivity index (χ1) is 14.8. The number of hydrogen-bond acceptors (Lipinski definition) is 4. The second-order valence-corrected chi connectivity index (χ2v) is 8.48. The van der Waals surface area contributed by atoms with Gasteiger partial charge in [-0.25, -0.2) is 4.79 Å². The number of rotatable bonds is 8. The summed E-state index contributed by atoms with van der Waals surface area (Å²) in [6.45, 7) is 0.416. The molecule has 31 heavy (non-hydrogen) atoms. The summed E-state index contributed by atoms with van der Waals surface area (Å²) in [5.41, 5.74) is 2.01. The number of methoxy groups -OCH3 is 1. The van der Waals surface area contributed by atoms with Crippen LogP contribution in [-0.2, 0) is 13.2 Å². The summed E-state index contributed by atoms with van der Waals surface area (Å²) in [5, 5.41) is 13.8. The summed E-state index contributed by atoms with van der Waals surface area (Å²) >= 11 is 22.3. The van der Waals surface area contributed by atoms with Crippen molar-refractivity contribution >= 4 is 62.4 Å². The van der Waals surface area contributed by atoms with Gasteiger partial charge in [-0.05, 0) is 42.5 Å². The van der Waals surface area contributed by atoms with Crippen molar-refractivity contribution in [1.29, 1.82) is 0 Å². The van der Waals surface area contributed by atoms with E-state index >= 15 is 0 Å². The number of benzene rings is 3. The average molecular weight is 546 g/mol. The summed E-state index contributed by atoms with van der Waals surface area (Å²) in [6.07, 6.45) is 0. The molecule has 2 N–H and O–H groups in total. The Bertz CT molecular complexity index is 1100. The molecule has 0 spiro atoms. The number of anilines is 1. The van der Waals surface area contributed by atoms with E-state index in [0.717, 1.165) is 10.0 Å². The van der Waals surface area contributed by atoms with Gasteiger partial charge in [0.2, 0.25) is 0 Å². The summed E-state index contributed by atoms with van der Waals surface area (Å²) in [6, 6.07) is 13.3. The predicted octanol–water partition coefficient (Wildman–Crippen LogP) is 7.31. The smallest absolute Gasteiger partial charge is 0.335 e. The topological polar surface area (TPSA) is 67.8 Å². The molecular weight excluding hydrogens is 529 g/mol. The molecule has 0 aliphatic carbocycles. The largest absolute Gasteiger partial charge is 0.493 e. The second kappa shape index (κ2) is 10.5. The number of carboxylic acids is 1. The van der Waals surface area contributed by atoms with Crippen LogP contribution in [-0.4, -0.2) is 18.2 Å². The van der Waals surface area contributed by atoms with Crippen LogP contribution in [0.15, 0.2) is 53.0 Å². The number of carboxylic acid groups (broad SMARTS) is 1. The van der Waals surface area contributed by atoms with Gasteiger partial charge in [0.15, 0.2) is 11.5 Å². The fourth-order valence-corrected chi connectivity index (χ4v) is 4.00. The highest BCUT2D eigenvalue weighted by molar-refractivity contribution is 9.10. The highest BCUT2D eigenvalue weighted by Crippen LogP contribution is 2.38. The summed E-state index contributed by atoms with van der Waals surface area (Å²) in [5.74, 6) is -0.0256. The minimum absolute atomic E-state index is 0.126. The van der Waals surface area contributed by atoms with Crippen molar-refractivity contribution in [2.75, 3.05) is 12.4 Å². The second-order valence-electron chi connectivity index (χ2n) is 6.40. The van der Waals surface area contributed by atoms with E-state index < -0.39 is 5.97 Å².